The lowest BCUT2D eigenvalue weighted by molar-refractivity contribution is 0.0697. The molecule has 2 aliphatic heterocycles. The van der Waals surface area contributed by atoms with Crippen LogP contribution in [0.5, 0.6) is 0 Å². The Morgan fingerprint density at radius 1 is 1.15 bits per heavy atom. The molecular formula is C22H22ClNO2. The highest BCUT2D eigenvalue weighted by atomic mass is 35.5. The fraction of sp³-hybridized carbons (Fsp3) is 0.318. The molecule has 2 heterocycles. The molecule has 0 amide bonds. The van der Waals surface area contributed by atoms with Crippen molar-refractivity contribution in [1.29, 1.82) is 0 Å². The number of nitrogens with zero attached hydrogens (tertiary/aromatic N) is 1. The van der Waals surface area contributed by atoms with Gasteiger partial charge in [0.15, 0.2) is 0 Å². The number of aromatic carboxylic acids is 1. The molecule has 2 aliphatic rings. The molecule has 0 aromatic heterocycles. The summed E-state index contributed by atoms with van der Waals surface area (Å²) in [5.74, 6) is -0.981. The van der Waals surface area contributed by atoms with Crippen molar-refractivity contribution < 1.29 is 9.90 Å². The summed E-state index contributed by atoms with van der Waals surface area (Å²) in [7, 11) is 0. The van der Waals surface area contributed by atoms with E-state index in [1.165, 1.54) is 30.4 Å². The van der Waals surface area contributed by atoms with E-state index in [2.05, 4.69) is 41.3 Å². The average Bonchev–Trinajstić information content (AvgIpc) is 2.62. The molecule has 0 spiro atoms. The molecule has 0 aliphatic carbocycles. The summed E-state index contributed by atoms with van der Waals surface area (Å²) in [6, 6.07) is 16.9. The van der Waals surface area contributed by atoms with Crippen molar-refractivity contribution in [2.75, 3.05) is 0 Å². The summed E-state index contributed by atoms with van der Waals surface area (Å²) < 4.78 is 0. The first kappa shape index (κ1) is 17.3. The molecule has 1 N–H and O–H groups in total. The van der Waals surface area contributed by atoms with Gasteiger partial charge in [0.05, 0.1) is 10.6 Å². The van der Waals surface area contributed by atoms with Gasteiger partial charge < -0.3 is 5.11 Å². The highest BCUT2D eigenvalue weighted by molar-refractivity contribution is 6.33. The third kappa shape index (κ3) is 3.42. The topological polar surface area (TPSA) is 40.5 Å². The van der Waals surface area contributed by atoms with E-state index in [0.29, 0.717) is 17.1 Å². The van der Waals surface area contributed by atoms with Crippen molar-refractivity contribution in [2.45, 2.75) is 44.3 Å². The lowest BCUT2D eigenvalue weighted by Crippen LogP contribution is -2.47. The Kier molecular flexibility index (Phi) is 4.84. The van der Waals surface area contributed by atoms with E-state index < -0.39 is 5.97 Å². The Labute approximate surface area is 158 Å². The van der Waals surface area contributed by atoms with Crippen LogP contribution in [0.25, 0.3) is 5.57 Å². The van der Waals surface area contributed by atoms with Gasteiger partial charge in [0.25, 0.3) is 0 Å². The first-order chi connectivity index (χ1) is 12.6. The number of fused-ring (bicyclic) bond motifs is 2. The lowest BCUT2D eigenvalue weighted by Gasteiger charge is -2.45. The fourth-order valence-corrected chi connectivity index (χ4v) is 4.52. The zero-order valence-corrected chi connectivity index (χ0v) is 15.3. The van der Waals surface area contributed by atoms with Crippen LogP contribution in [-0.2, 0) is 6.54 Å². The minimum atomic E-state index is -0.981. The smallest absolute Gasteiger partial charge is 0.337 e. The van der Waals surface area contributed by atoms with Crippen LogP contribution in [0.3, 0.4) is 0 Å². The van der Waals surface area contributed by atoms with Crippen LogP contribution in [0.4, 0.5) is 0 Å². The Morgan fingerprint density at radius 2 is 1.96 bits per heavy atom. The fourth-order valence-electron chi connectivity index (χ4n) is 4.26. The van der Waals surface area contributed by atoms with Crippen LogP contribution in [0.2, 0.25) is 5.02 Å². The lowest BCUT2D eigenvalue weighted by atomic mass is 9.82. The maximum Gasteiger partial charge on any atom is 0.337 e. The molecule has 134 valence electrons. The largest absolute Gasteiger partial charge is 0.478 e. The second-order valence-electron chi connectivity index (χ2n) is 7.21. The van der Waals surface area contributed by atoms with Crippen LogP contribution in [-0.4, -0.2) is 28.1 Å². The summed E-state index contributed by atoms with van der Waals surface area (Å²) in [6.45, 7) is 0.985. The van der Waals surface area contributed by atoms with Crippen LogP contribution in [0.1, 0.15) is 47.2 Å². The van der Waals surface area contributed by atoms with Crippen LogP contribution < -0.4 is 0 Å². The Balaban J connectivity index is 1.60. The van der Waals surface area contributed by atoms with Crippen molar-refractivity contribution in [2.24, 2.45) is 0 Å². The molecule has 2 atom stereocenters. The van der Waals surface area contributed by atoms with E-state index in [4.69, 9.17) is 16.7 Å². The van der Waals surface area contributed by atoms with Crippen molar-refractivity contribution in [3.05, 3.63) is 76.3 Å². The summed E-state index contributed by atoms with van der Waals surface area (Å²) in [6.07, 6.45) is 7.01. The molecule has 1 fully saturated rings. The number of hydrogen-bond donors (Lipinski definition) is 1. The minimum absolute atomic E-state index is 0.165. The van der Waals surface area contributed by atoms with Gasteiger partial charge in [0.1, 0.15) is 0 Å². The van der Waals surface area contributed by atoms with Gasteiger partial charge in [-0.2, -0.15) is 0 Å². The molecule has 3 nitrogen and oxygen atoms in total. The number of benzene rings is 2. The molecule has 0 radical (unpaired) electrons. The molecule has 2 aromatic rings. The summed E-state index contributed by atoms with van der Waals surface area (Å²) in [5.41, 5.74) is 3.87. The van der Waals surface area contributed by atoms with Gasteiger partial charge in [-0.3, -0.25) is 4.90 Å². The highest BCUT2D eigenvalue weighted by Gasteiger charge is 2.34. The van der Waals surface area contributed by atoms with Gasteiger partial charge in [0, 0.05) is 18.6 Å². The zero-order valence-electron chi connectivity index (χ0n) is 14.6. The number of hydrogen-bond acceptors (Lipinski definition) is 2. The summed E-state index contributed by atoms with van der Waals surface area (Å²) >= 11 is 6.18. The normalized spacial score (nSPS) is 22.7. The van der Waals surface area contributed by atoms with Gasteiger partial charge in [-0.05, 0) is 48.1 Å². The van der Waals surface area contributed by atoms with Crippen molar-refractivity contribution >= 4 is 23.1 Å². The molecule has 0 saturated carbocycles. The maximum atomic E-state index is 11.2. The molecule has 4 rings (SSSR count). The van der Waals surface area contributed by atoms with Crippen molar-refractivity contribution in [1.82, 2.24) is 4.90 Å². The van der Waals surface area contributed by atoms with Gasteiger partial charge in [-0.15, -0.1) is 0 Å². The van der Waals surface area contributed by atoms with E-state index in [-0.39, 0.29) is 5.56 Å². The molecule has 2 bridgehead atoms. The first-order valence-corrected chi connectivity index (χ1v) is 9.53. The van der Waals surface area contributed by atoms with E-state index in [9.17, 15) is 4.79 Å². The van der Waals surface area contributed by atoms with E-state index in [1.807, 2.05) is 6.07 Å². The van der Waals surface area contributed by atoms with Crippen LogP contribution >= 0.6 is 11.6 Å². The molecule has 4 heteroatoms. The summed E-state index contributed by atoms with van der Waals surface area (Å²) in [4.78, 5) is 13.8. The predicted molar refractivity (Wildman–Crippen MR) is 104 cm³/mol. The third-order valence-electron chi connectivity index (χ3n) is 5.56. The Bertz CT molecular complexity index is 846. The molecule has 1 saturated heterocycles. The summed E-state index contributed by atoms with van der Waals surface area (Å²) in [5, 5.41) is 9.48. The zero-order chi connectivity index (χ0) is 18.1. The van der Waals surface area contributed by atoms with Gasteiger partial charge >= 0.3 is 5.97 Å². The second kappa shape index (κ2) is 7.26. The van der Waals surface area contributed by atoms with Gasteiger partial charge in [0.2, 0.25) is 0 Å². The first-order valence-electron chi connectivity index (χ1n) is 9.15. The average molecular weight is 368 g/mol. The van der Waals surface area contributed by atoms with Gasteiger partial charge in [-0.1, -0.05) is 60.5 Å². The molecule has 2 aromatic carbocycles. The van der Waals surface area contributed by atoms with E-state index >= 15 is 0 Å². The second-order valence-corrected chi connectivity index (χ2v) is 7.61. The molecule has 26 heavy (non-hydrogen) atoms. The monoisotopic (exact) mass is 367 g/mol. The van der Waals surface area contributed by atoms with Crippen molar-refractivity contribution in [3.8, 4) is 0 Å². The number of rotatable bonds is 4. The number of halogens is 1. The Morgan fingerprint density at radius 3 is 2.65 bits per heavy atom. The maximum absolute atomic E-state index is 11.2. The molecule has 2 unspecified atom stereocenters. The minimum Gasteiger partial charge on any atom is -0.478 e. The quantitative estimate of drug-likeness (QED) is 0.802. The SMILES string of the molecule is O=C(O)c1ccc(C2=CC3CCCC(C2)N3Cc2ccccc2)cc1Cl. The number of piperidine rings is 1. The predicted octanol–water partition coefficient (Wildman–Crippen LogP) is 5.25. The number of carboxylic acid groups (broad SMARTS) is 1. The van der Waals surface area contributed by atoms with E-state index in [0.717, 1.165) is 18.5 Å². The number of carbonyl (C=O) groups is 1. The Hall–Kier alpha value is -2.10. The molecular weight excluding hydrogens is 346 g/mol. The van der Waals surface area contributed by atoms with Crippen molar-refractivity contribution in [3.63, 3.8) is 0 Å². The third-order valence-corrected chi connectivity index (χ3v) is 5.87. The van der Waals surface area contributed by atoms with Gasteiger partial charge in [-0.25, -0.2) is 4.79 Å². The van der Waals surface area contributed by atoms with Crippen LogP contribution in [0, 0.1) is 0 Å². The highest BCUT2D eigenvalue weighted by Crippen LogP contribution is 2.38. The van der Waals surface area contributed by atoms with E-state index in [1.54, 1.807) is 12.1 Å². The number of carboxylic acids is 1. The van der Waals surface area contributed by atoms with Crippen LogP contribution in [0.15, 0.2) is 54.6 Å². The standard InChI is InChI=1S/C22H22ClNO2/c23-21-13-16(9-10-20(21)22(25)26)17-11-18-7-4-8-19(12-17)24(18)14-15-5-2-1-3-6-15/h1-3,5-6,9-11,13,18-19H,4,7-8,12,14H2,(H,25,26).